The number of aromatic nitrogens is 3. The first-order valence-electron chi connectivity index (χ1n) is 8.47. The van der Waals surface area contributed by atoms with Gasteiger partial charge in [0.2, 0.25) is 0 Å². The zero-order valence-electron chi connectivity index (χ0n) is 15.3. The monoisotopic (exact) mass is 350 g/mol. The molecule has 2 heterocycles. The number of amides is 1. The third-order valence-electron chi connectivity index (χ3n) is 4.56. The maximum Gasteiger partial charge on any atom is 0.268 e. The van der Waals surface area contributed by atoms with Crippen LogP contribution in [0.3, 0.4) is 0 Å². The molecule has 0 spiro atoms. The molecular weight excluding hydrogens is 328 g/mol. The number of ketones is 1. The van der Waals surface area contributed by atoms with Gasteiger partial charge in [-0.15, -0.1) is 0 Å². The molecule has 0 bridgehead atoms. The van der Waals surface area contributed by atoms with Gasteiger partial charge in [0.1, 0.15) is 5.69 Å². The fourth-order valence-electron chi connectivity index (χ4n) is 3.20. The van der Waals surface area contributed by atoms with E-state index in [1.807, 2.05) is 42.0 Å². The number of hydrogen-bond acceptors (Lipinski definition) is 3. The van der Waals surface area contributed by atoms with Gasteiger partial charge >= 0.3 is 0 Å². The number of imidazole rings is 1. The fraction of sp³-hybridized carbons (Fsp3) is 0.250. The van der Waals surface area contributed by atoms with E-state index in [1.165, 1.54) is 6.92 Å². The Morgan fingerprint density at radius 2 is 1.88 bits per heavy atom. The molecule has 3 rings (SSSR count). The Balaban J connectivity index is 1.75. The van der Waals surface area contributed by atoms with Crippen LogP contribution in [0.5, 0.6) is 0 Å². The average molecular weight is 350 g/mol. The molecule has 1 atom stereocenters. The van der Waals surface area contributed by atoms with E-state index >= 15 is 0 Å². The molecule has 0 fully saturated rings. The van der Waals surface area contributed by atoms with Crippen LogP contribution < -0.4 is 5.32 Å². The number of rotatable bonds is 5. The molecule has 0 aliphatic carbocycles. The quantitative estimate of drug-likeness (QED) is 0.691. The van der Waals surface area contributed by atoms with Crippen molar-refractivity contribution in [1.29, 1.82) is 0 Å². The first kappa shape index (κ1) is 17.7. The summed E-state index contributed by atoms with van der Waals surface area (Å²) in [6.45, 7) is 7.04. The van der Waals surface area contributed by atoms with E-state index < -0.39 is 0 Å². The average Bonchev–Trinajstić information content (AvgIpc) is 3.23. The topological polar surface area (TPSA) is 79.8 Å². The van der Waals surface area contributed by atoms with Gasteiger partial charge in [-0.3, -0.25) is 9.59 Å². The molecule has 0 aliphatic rings. The van der Waals surface area contributed by atoms with Crippen LogP contribution in [0.1, 0.15) is 57.6 Å². The Labute approximate surface area is 152 Å². The molecular formula is C20H22N4O2. The molecule has 0 radical (unpaired) electrons. The zero-order valence-corrected chi connectivity index (χ0v) is 15.3. The van der Waals surface area contributed by atoms with Gasteiger partial charge in [0, 0.05) is 29.3 Å². The van der Waals surface area contributed by atoms with Crippen molar-refractivity contribution in [2.75, 3.05) is 0 Å². The van der Waals surface area contributed by atoms with Crippen molar-refractivity contribution < 1.29 is 9.59 Å². The van der Waals surface area contributed by atoms with E-state index in [1.54, 1.807) is 26.4 Å². The van der Waals surface area contributed by atoms with Crippen molar-refractivity contribution in [3.05, 3.63) is 71.1 Å². The summed E-state index contributed by atoms with van der Waals surface area (Å²) in [4.78, 5) is 31.4. The summed E-state index contributed by atoms with van der Waals surface area (Å²) in [6, 6.07) is 7.76. The maximum atomic E-state index is 12.6. The van der Waals surface area contributed by atoms with Crippen molar-refractivity contribution in [2.45, 2.75) is 33.7 Å². The molecule has 6 heteroatoms. The lowest BCUT2D eigenvalue weighted by Gasteiger charge is -2.15. The number of aryl methyl sites for hydroxylation is 1. The Hall–Kier alpha value is -3.15. The number of benzene rings is 1. The summed E-state index contributed by atoms with van der Waals surface area (Å²) in [7, 11) is 0. The van der Waals surface area contributed by atoms with Crippen LogP contribution in [0.2, 0.25) is 0 Å². The van der Waals surface area contributed by atoms with Crippen LogP contribution in [0, 0.1) is 13.8 Å². The van der Waals surface area contributed by atoms with E-state index in [-0.39, 0.29) is 17.7 Å². The number of H-pyrrole nitrogens is 1. The normalized spacial score (nSPS) is 12.0. The van der Waals surface area contributed by atoms with Gasteiger partial charge in [-0.1, -0.05) is 12.1 Å². The lowest BCUT2D eigenvalue weighted by atomic mass is 10.1. The summed E-state index contributed by atoms with van der Waals surface area (Å²) in [5, 5.41) is 2.99. The predicted octanol–water partition coefficient (Wildman–Crippen LogP) is 3.51. The standard InChI is InChI=1S/C20H22N4O2/c1-12-18(15(4)25)14(3)22-19(12)20(26)23-13(2)16-5-7-17(8-6-16)24-10-9-21-11-24/h5-11,13,22H,1-4H3,(H,23,26). The zero-order chi connectivity index (χ0) is 18.8. The van der Waals surface area contributed by atoms with Gasteiger partial charge in [0.25, 0.3) is 5.91 Å². The first-order valence-corrected chi connectivity index (χ1v) is 8.47. The smallest absolute Gasteiger partial charge is 0.268 e. The number of aromatic amines is 1. The molecule has 2 N–H and O–H groups in total. The SMILES string of the molecule is CC(=O)c1c(C)[nH]c(C(=O)NC(C)c2ccc(-n3ccnc3)cc2)c1C. The third kappa shape index (κ3) is 3.31. The summed E-state index contributed by atoms with van der Waals surface area (Å²) in [6.07, 6.45) is 5.35. The van der Waals surface area contributed by atoms with Gasteiger partial charge in [0.05, 0.1) is 12.4 Å². The van der Waals surface area contributed by atoms with Gasteiger partial charge in [0.15, 0.2) is 5.78 Å². The van der Waals surface area contributed by atoms with Gasteiger partial charge in [-0.05, 0) is 51.0 Å². The highest BCUT2D eigenvalue weighted by molar-refractivity contribution is 6.02. The second kappa shape index (κ2) is 7.00. The van der Waals surface area contributed by atoms with Gasteiger partial charge in [-0.2, -0.15) is 0 Å². The molecule has 1 amide bonds. The summed E-state index contributed by atoms with van der Waals surface area (Å²) < 4.78 is 1.92. The minimum Gasteiger partial charge on any atom is -0.354 e. The van der Waals surface area contributed by atoms with Gasteiger partial charge in [-0.25, -0.2) is 4.98 Å². The summed E-state index contributed by atoms with van der Waals surface area (Å²) >= 11 is 0. The fourth-order valence-corrected chi connectivity index (χ4v) is 3.20. The molecule has 3 aromatic rings. The molecule has 2 aromatic heterocycles. The molecule has 134 valence electrons. The molecule has 0 saturated carbocycles. The second-order valence-corrected chi connectivity index (χ2v) is 6.44. The van der Waals surface area contributed by atoms with Crippen LogP contribution in [0.4, 0.5) is 0 Å². The number of hydrogen-bond donors (Lipinski definition) is 2. The van der Waals surface area contributed by atoms with Crippen LogP contribution in [0.25, 0.3) is 5.69 Å². The van der Waals surface area contributed by atoms with E-state index in [9.17, 15) is 9.59 Å². The molecule has 1 aromatic carbocycles. The van der Waals surface area contributed by atoms with Gasteiger partial charge < -0.3 is 14.9 Å². The number of Topliss-reactive ketones (excluding diaryl/α,β-unsaturated/α-hetero) is 1. The van der Waals surface area contributed by atoms with Crippen LogP contribution in [-0.4, -0.2) is 26.2 Å². The number of nitrogens with zero attached hydrogens (tertiary/aromatic N) is 2. The lowest BCUT2D eigenvalue weighted by molar-refractivity contribution is 0.0934. The Kier molecular flexibility index (Phi) is 4.75. The predicted molar refractivity (Wildman–Crippen MR) is 99.7 cm³/mol. The molecule has 1 unspecified atom stereocenters. The van der Waals surface area contributed by atoms with Crippen LogP contribution >= 0.6 is 0 Å². The highest BCUT2D eigenvalue weighted by Gasteiger charge is 2.21. The number of carbonyl (C=O) groups excluding carboxylic acids is 2. The molecule has 0 aliphatic heterocycles. The summed E-state index contributed by atoms with van der Waals surface area (Å²) in [5.74, 6) is -0.261. The molecule has 26 heavy (non-hydrogen) atoms. The highest BCUT2D eigenvalue weighted by Crippen LogP contribution is 2.20. The van der Waals surface area contributed by atoms with E-state index in [4.69, 9.17) is 0 Å². The van der Waals surface area contributed by atoms with Crippen molar-refractivity contribution >= 4 is 11.7 Å². The minimum absolute atomic E-state index is 0.0431. The van der Waals surface area contributed by atoms with E-state index in [0.29, 0.717) is 16.8 Å². The van der Waals surface area contributed by atoms with Crippen molar-refractivity contribution in [3.63, 3.8) is 0 Å². The van der Waals surface area contributed by atoms with Crippen molar-refractivity contribution in [3.8, 4) is 5.69 Å². The van der Waals surface area contributed by atoms with Crippen LogP contribution in [-0.2, 0) is 0 Å². The highest BCUT2D eigenvalue weighted by atomic mass is 16.2. The Bertz CT molecular complexity index is 937. The van der Waals surface area contributed by atoms with Crippen molar-refractivity contribution in [1.82, 2.24) is 19.9 Å². The molecule has 0 saturated heterocycles. The number of nitrogens with one attached hydrogen (secondary N) is 2. The summed E-state index contributed by atoms with van der Waals surface area (Å²) in [5.41, 5.74) is 4.44. The Morgan fingerprint density at radius 3 is 2.42 bits per heavy atom. The second-order valence-electron chi connectivity index (χ2n) is 6.44. The first-order chi connectivity index (χ1) is 12.4. The largest absolute Gasteiger partial charge is 0.354 e. The molecule has 6 nitrogen and oxygen atoms in total. The van der Waals surface area contributed by atoms with Crippen molar-refractivity contribution in [2.24, 2.45) is 0 Å². The van der Waals surface area contributed by atoms with E-state index in [0.717, 1.165) is 16.9 Å². The third-order valence-corrected chi connectivity index (χ3v) is 4.56. The maximum absolute atomic E-state index is 12.6. The van der Waals surface area contributed by atoms with E-state index in [2.05, 4.69) is 15.3 Å². The Morgan fingerprint density at radius 1 is 1.19 bits per heavy atom. The minimum atomic E-state index is -0.218. The van der Waals surface area contributed by atoms with Crippen LogP contribution in [0.15, 0.2) is 43.0 Å². The lowest BCUT2D eigenvalue weighted by Crippen LogP contribution is -2.27. The number of carbonyl (C=O) groups is 2.